The van der Waals surface area contributed by atoms with Crippen LogP contribution in [0.1, 0.15) is 63.9 Å². The zero-order valence-corrected chi connectivity index (χ0v) is 19.5. The highest BCUT2D eigenvalue weighted by Gasteiger charge is 2.06. The standard InChI is InChI=1S/C23H33BrOSi/c1-5-6-7-8-9-10-11-13-18-25-22-16-17-23(24)21(20-22)15-12-14-19-26(2,3)4/h16-17,20H,5-11,13,18H2,1-4H3. The molecule has 0 fully saturated rings. The molecule has 0 bridgehead atoms. The fourth-order valence-corrected chi connectivity index (χ4v) is 3.22. The van der Waals surface area contributed by atoms with Gasteiger partial charge in [0.2, 0.25) is 0 Å². The number of rotatable bonds is 10. The van der Waals surface area contributed by atoms with Gasteiger partial charge in [-0.15, -0.1) is 5.54 Å². The molecule has 0 amide bonds. The Morgan fingerprint density at radius 1 is 0.923 bits per heavy atom. The van der Waals surface area contributed by atoms with Gasteiger partial charge in [-0.1, -0.05) is 77.4 Å². The average Bonchev–Trinajstić information content (AvgIpc) is 2.58. The van der Waals surface area contributed by atoms with Crippen molar-refractivity contribution in [3.63, 3.8) is 0 Å². The fourth-order valence-electron chi connectivity index (χ4n) is 2.43. The first-order valence-electron chi connectivity index (χ1n) is 9.88. The molecule has 1 nitrogen and oxygen atoms in total. The van der Waals surface area contributed by atoms with Gasteiger partial charge in [0.05, 0.1) is 6.61 Å². The van der Waals surface area contributed by atoms with Gasteiger partial charge in [0, 0.05) is 10.0 Å². The molecule has 0 saturated carbocycles. The van der Waals surface area contributed by atoms with E-state index < -0.39 is 8.07 Å². The molecular weight excluding hydrogens is 400 g/mol. The van der Waals surface area contributed by atoms with Gasteiger partial charge in [-0.05, 0) is 52.4 Å². The molecule has 0 unspecified atom stereocenters. The third-order valence-electron chi connectivity index (χ3n) is 3.90. The van der Waals surface area contributed by atoms with E-state index in [2.05, 4.69) is 65.8 Å². The number of benzene rings is 1. The molecule has 0 aliphatic carbocycles. The summed E-state index contributed by atoms with van der Waals surface area (Å²) >= 11 is 3.55. The SMILES string of the molecule is CCCCCCCCCCOc1ccc(Br)c(C#CC#C[Si](C)(C)C)c1. The van der Waals surface area contributed by atoms with Gasteiger partial charge in [-0.25, -0.2) is 0 Å². The predicted octanol–water partition coefficient (Wildman–Crippen LogP) is 7.20. The van der Waals surface area contributed by atoms with Crippen LogP contribution in [-0.4, -0.2) is 14.7 Å². The lowest BCUT2D eigenvalue weighted by Gasteiger charge is -2.07. The van der Waals surface area contributed by atoms with E-state index in [-0.39, 0.29) is 0 Å². The monoisotopic (exact) mass is 432 g/mol. The maximum atomic E-state index is 5.89. The molecule has 3 heteroatoms. The minimum absolute atomic E-state index is 0.777. The van der Waals surface area contributed by atoms with E-state index in [0.717, 1.165) is 28.8 Å². The van der Waals surface area contributed by atoms with Crippen molar-refractivity contribution in [2.45, 2.75) is 77.9 Å². The van der Waals surface area contributed by atoms with Crippen LogP contribution in [0.5, 0.6) is 5.75 Å². The van der Waals surface area contributed by atoms with Crippen molar-refractivity contribution in [3.05, 3.63) is 28.2 Å². The zero-order chi connectivity index (χ0) is 19.3. The Bertz CT molecular complexity index is 653. The van der Waals surface area contributed by atoms with Crippen molar-refractivity contribution in [3.8, 4) is 29.1 Å². The summed E-state index contributed by atoms with van der Waals surface area (Å²) in [6, 6.07) is 5.99. The summed E-state index contributed by atoms with van der Waals surface area (Å²) in [5.74, 6) is 9.98. The number of unbranched alkanes of at least 4 members (excludes halogenated alkanes) is 7. The lowest BCUT2D eigenvalue weighted by Crippen LogP contribution is -2.16. The van der Waals surface area contributed by atoms with Gasteiger partial charge in [0.25, 0.3) is 0 Å². The Morgan fingerprint density at radius 2 is 1.58 bits per heavy atom. The first-order chi connectivity index (χ1) is 12.4. The van der Waals surface area contributed by atoms with E-state index in [9.17, 15) is 0 Å². The Hall–Kier alpha value is -1.16. The van der Waals surface area contributed by atoms with Crippen LogP contribution in [0, 0.1) is 23.3 Å². The smallest absolute Gasteiger partial charge is 0.130 e. The normalized spacial score (nSPS) is 10.5. The van der Waals surface area contributed by atoms with Crippen molar-refractivity contribution in [2.75, 3.05) is 6.61 Å². The van der Waals surface area contributed by atoms with Crippen LogP contribution >= 0.6 is 15.9 Å². The second-order valence-corrected chi connectivity index (χ2v) is 13.3. The zero-order valence-electron chi connectivity index (χ0n) is 16.9. The van der Waals surface area contributed by atoms with Crippen molar-refractivity contribution in [2.24, 2.45) is 0 Å². The van der Waals surface area contributed by atoms with Gasteiger partial charge in [0.15, 0.2) is 0 Å². The molecule has 0 aromatic heterocycles. The average molecular weight is 434 g/mol. The molecule has 142 valence electrons. The third kappa shape index (κ3) is 11.5. The molecule has 0 N–H and O–H groups in total. The third-order valence-corrected chi connectivity index (χ3v) is 5.47. The predicted molar refractivity (Wildman–Crippen MR) is 120 cm³/mol. The van der Waals surface area contributed by atoms with E-state index in [1.807, 2.05) is 18.2 Å². The number of hydrogen-bond acceptors (Lipinski definition) is 1. The molecule has 1 rings (SSSR count). The molecule has 0 aliphatic heterocycles. The van der Waals surface area contributed by atoms with Crippen LogP contribution < -0.4 is 4.74 Å². The Kier molecular flexibility index (Phi) is 11.5. The highest BCUT2D eigenvalue weighted by molar-refractivity contribution is 9.10. The molecule has 26 heavy (non-hydrogen) atoms. The van der Waals surface area contributed by atoms with Crippen molar-refractivity contribution in [1.29, 1.82) is 0 Å². The summed E-state index contributed by atoms with van der Waals surface area (Å²) < 4.78 is 6.87. The molecule has 0 heterocycles. The molecule has 0 spiro atoms. The number of halogens is 1. The summed E-state index contributed by atoms with van der Waals surface area (Å²) in [5, 5.41) is 0. The number of ether oxygens (including phenoxy) is 1. The summed E-state index contributed by atoms with van der Waals surface area (Å²) in [6.45, 7) is 9.70. The second-order valence-electron chi connectivity index (χ2n) is 7.71. The Labute approximate surface area is 170 Å². The molecule has 1 aromatic rings. The van der Waals surface area contributed by atoms with Crippen molar-refractivity contribution in [1.82, 2.24) is 0 Å². The minimum atomic E-state index is -1.36. The van der Waals surface area contributed by atoms with Crippen molar-refractivity contribution < 1.29 is 4.74 Å². The molecular formula is C23H33BrOSi. The Morgan fingerprint density at radius 3 is 2.23 bits per heavy atom. The van der Waals surface area contributed by atoms with Crippen LogP contribution in [0.3, 0.4) is 0 Å². The molecule has 0 saturated heterocycles. The van der Waals surface area contributed by atoms with Gasteiger partial charge in [-0.2, -0.15) is 0 Å². The highest BCUT2D eigenvalue weighted by atomic mass is 79.9. The molecule has 0 radical (unpaired) electrons. The second kappa shape index (κ2) is 13.1. The van der Waals surface area contributed by atoms with Gasteiger partial charge >= 0.3 is 0 Å². The van der Waals surface area contributed by atoms with Crippen LogP contribution in [0.2, 0.25) is 19.6 Å². The van der Waals surface area contributed by atoms with Crippen LogP contribution in [0.4, 0.5) is 0 Å². The largest absolute Gasteiger partial charge is 0.494 e. The summed E-state index contributed by atoms with van der Waals surface area (Å²) in [6.07, 6.45) is 10.5. The number of hydrogen-bond donors (Lipinski definition) is 0. The summed E-state index contributed by atoms with van der Waals surface area (Å²) in [7, 11) is -1.36. The van der Waals surface area contributed by atoms with E-state index in [4.69, 9.17) is 4.74 Å². The molecule has 1 aromatic carbocycles. The van der Waals surface area contributed by atoms with Crippen LogP contribution in [0.25, 0.3) is 0 Å². The van der Waals surface area contributed by atoms with Crippen molar-refractivity contribution >= 4 is 24.0 Å². The minimum Gasteiger partial charge on any atom is -0.494 e. The lowest BCUT2D eigenvalue weighted by atomic mass is 10.1. The van der Waals surface area contributed by atoms with Crippen LogP contribution in [0.15, 0.2) is 22.7 Å². The van der Waals surface area contributed by atoms with E-state index in [1.165, 1.54) is 44.9 Å². The maximum absolute atomic E-state index is 5.89. The fraction of sp³-hybridized carbons (Fsp3) is 0.565. The molecule has 0 aliphatic rings. The van der Waals surface area contributed by atoms with Crippen LogP contribution in [-0.2, 0) is 0 Å². The summed E-state index contributed by atoms with van der Waals surface area (Å²) in [4.78, 5) is 0. The summed E-state index contributed by atoms with van der Waals surface area (Å²) in [5.41, 5.74) is 4.20. The van der Waals surface area contributed by atoms with Gasteiger partial charge in [0.1, 0.15) is 13.8 Å². The molecule has 0 atom stereocenters. The Balaban J connectivity index is 2.38. The quantitative estimate of drug-likeness (QED) is 0.215. The highest BCUT2D eigenvalue weighted by Crippen LogP contribution is 2.22. The lowest BCUT2D eigenvalue weighted by molar-refractivity contribution is 0.304. The first-order valence-corrected chi connectivity index (χ1v) is 14.2. The topological polar surface area (TPSA) is 9.23 Å². The van der Waals surface area contributed by atoms with Gasteiger partial charge < -0.3 is 4.74 Å². The van der Waals surface area contributed by atoms with E-state index in [1.54, 1.807) is 0 Å². The van der Waals surface area contributed by atoms with Gasteiger partial charge in [-0.3, -0.25) is 0 Å². The first kappa shape index (κ1) is 22.9. The maximum Gasteiger partial charge on any atom is 0.130 e. The van der Waals surface area contributed by atoms with E-state index >= 15 is 0 Å². The van der Waals surface area contributed by atoms with E-state index in [0.29, 0.717) is 0 Å².